The van der Waals surface area contributed by atoms with E-state index in [0.29, 0.717) is 23.6 Å². The Kier molecular flexibility index (Phi) is 4.99. The van der Waals surface area contributed by atoms with Crippen LogP contribution in [0.15, 0.2) is 18.2 Å². The first-order chi connectivity index (χ1) is 10.2. The summed E-state index contributed by atoms with van der Waals surface area (Å²) in [5.41, 5.74) is 0.374. The number of benzene rings is 1. The van der Waals surface area contributed by atoms with Gasteiger partial charge >= 0.3 is 0 Å². The lowest BCUT2D eigenvalue weighted by molar-refractivity contribution is -0.122. The Morgan fingerprint density at radius 2 is 1.95 bits per heavy atom. The molecule has 1 unspecified atom stereocenters. The Balaban J connectivity index is 2.05. The molecule has 1 aliphatic rings. The van der Waals surface area contributed by atoms with Gasteiger partial charge in [0.1, 0.15) is 0 Å². The standard InChI is InChI=1S/C13H14Cl2N2O4S/c1-22(20,21)16-12(18)9-4-5-17(7-9)13(19)8-2-3-10(14)11(15)6-8/h2-3,6,9H,4-5,7H2,1H3,(H,16,18). The quantitative estimate of drug-likeness (QED) is 0.881. The fourth-order valence-corrected chi connectivity index (χ4v) is 3.07. The van der Waals surface area contributed by atoms with Gasteiger partial charge in [-0.2, -0.15) is 0 Å². The van der Waals surface area contributed by atoms with Crippen molar-refractivity contribution in [2.75, 3.05) is 19.3 Å². The molecule has 9 heteroatoms. The average molecular weight is 365 g/mol. The molecule has 0 saturated carbocycles. The zero-order valence-electron chi connectivity index (χ0n) is 11.7. The number of hydrogen-bond donors (Lipinski definition) is 1. The van der Waals surface area contributed by atoms with E-state index in [1.165, 1.54) is 17.0 Å². The molecule has 6 nitrogen and oxygen atoms in total. The molecule has 120 valence electrons. The van der Waals surface area contributed by atoms with E-state index in [4.69, 9.17) is 23.2 Å². The van der Waals surface area contributed by atoms with Gasteiger partial charge in [-0.05, 0) is 24.6 Å². The Labute approximate surface area is 138 Å². The highest BCUT2D eigenvalue weighted by atomic mass is 35.5. The average Bonchev–Trinajstić information content (AvgIpc) is 2.89. The van der Waals surface area contributed by atoms with Crippen molar-refractivity contribution in [1.82, 2.24) is 9.62 Å². The summed E-state index contributed by atoms with van der Waals surface area (Å²) in [6.07, 6.45) is 1.33. The van der Waals surface area contributed by atoms with Crippen molar-refractivity contribution in [1.29, 1.82) is 0 Å². The van der Waals surface area contributed by atoms with Crippen LogP contribution in [0.5, 0.6) is 0 Å². The summed E-state index contributed by atoms with van der Waals surface area (Å²) in [4.78, 5) is 25.6. The number of likely N-dealkylation sites (tertiary alicyclic amines) is 1. The number of amides is 2. The van der Waals surface area contributed by atoms with E-state index >= 15 is 0 Å². The zero-order valence-corrected chi connectivity index (χ0v) is 14.0. The maximum Gasteiger partial charge on any atom is 0.253 e. The predicted octanol–water partition coefficient (Wildman–Crippen LogP) is 1.53. The van der Waals surface area contributed by atoms with Gasteiger partial charge in [0, 0.05) is 18.7 Å². The van der Waals surface area contributed by atoms with Crippen molar-refractivity contribution in [2.45, 2.75) is 6.42 Å². The minimum absolute atomic E-state index is 0.167. The fraction of sp³-hybridized carbons (Fsp3) is 0.385. The number of nitrogens with one attached hydrogen (secondary N) is 1. The Bertz CT molecular complexity index is 721. The van der Waals surface area contributed by atoms with Gasteiger partial charge in [0.2, 0.25) is 15.9 Å². The highest BCUT2D eigenvalue weighted by Gasteiger charge is 2.32. The number of halogens is 2. The van der Waals surface area contributed by atoms with E-state index in [1.807, 2.05) is 4.72 Å². The van der Waals surface area contributed by atoms with Gasteiger partial charge in [0.15, 0.2) is 0 Å². The Morgan fingerprint density at radius 3 is 2.55 bits per heavy atom. The van der Waals surface area contributed by atoms with E-state index in [1.54, 1.807) is 6.07 Å². The molecule has 1 heterocycles. The monoisotopic (exact) mass is 364 g/mol. The third-order valence-electron chi connectivity index (χ3n) is 3.30. The number of carbonyl (C=O) groups excluding carboxylic acids is 2. The van der Waals surface area contributed by atoms with Crippen LogP contribution < -0.4 is 4.72 Å². The van der Waals surface area contributed by atoms with Crippen LogP contribution in [-0.4, -0.2) is 44.5 Å². The maximum atomic E-state index is 12.3. The smallest absolute Gasteiger partial charge is 0.253 e. The molecule has 1 atom stereocenters. The largest absolute Gasteiger partial charge is 0.338 e. The molecule has 0 bridgehead atoms. The van der Waals surface area contributed by atoms with Crippen molar-refractivity contribution in [3.05, 3.63) is 33.8 Å². The van der Waals surface area contributed by atoms with Crippen LogP contribution in [0, 0.1) is 5.92 Å². The molecule has 1 fully saturated rings. The lowest BCUT2D eigenvalue weighted by atomic mass is 10.1. The number of nitrogens with zero attached hydrogens (tertiary/aromatic N) is 1. The van der Waals surface area contributed by atoms with Gasteiger partial charge < -0.3 is 4.90 Å². The first kappa shape index (κ1) is 17.1. The summed E-state index contributed by atoms with van der Waals surface area (Å²) in [5, 5.41) is 0.628. The van der Waals surface area contributed by atoms with Crippen LogP contribution in [0.25, 0.3) is 0 Å². The van der Waals surface area contributed by atoms with Crippen LogP contribution in [0.1, 0.15) is 16.8 Å². The van der Waals surface area contributed by atoms with Gasteiger partial charge in [-0.1, -0.05) is 23.2 Å². The van der Waals surface area contributed by atoms with E-state index < -0.39 is 21.8 Å². The van der Waals surface area contributed by atoms with Crippen LogP contribution in [0.3, 0.4) is 0 Å². The first-order valence-electron chi connectivity index (χ1n) is 6.43. The van der Waals surface area contributed by atoms with Crippen molar-refractivity contribution in [3.63, 3.8) is 0 Å². The second kappa shape index (κ2) is 6.44. The molecule has 2 rings (SSSR count). The lowest BCUT2D eigenvalue weighted by Gasteiger charge is -2.16. The van der Waals surface area contributed by atoms with Gasteiger partial charge in [0.05, 0.1) is 22.2 Å². The van der Waals surface area contributed by atoms with Crippen molar-refractivity contribution in [2.24, 2.45) is 5.92 Å². The summed E-state index contributed by atoms with van der Waals surface area (Å²) >= 11 is 11.7. The van der Waals surface area contributed by atoms with E-state index in [-0.39, 0.29) is 17.5 Å². The summed E-state index contributed by atoms with van der Waals surface area (Å²) < 4.78 is 24.1. The summed E-state index contributed by atoms with van der Waals surface area (Å²) in [7, 11) is -3.60. The van der Waals surface area contributed by atoms with Crippen LogP contribution in [-0.2, 0) is 14.8 Å². The molecule has 1 aliphatic heterocycles. The van der Waals surface area contributed by atoms with Crippen molar-refractivity contribution >= 4 is 45.0 Å². The molecule has 0 radical (unpaired) electrons. The van der Waals surface area contributed by atoms with Crippen molar-refractivity contribution in [3.8, 4) is 0 Å². The third-order valence-corrected chi connectivity index (χ3v) is 4.61. The Hall–Kier alpha value is -1.31. The molecule has 1 aromatic carbocycles. The predicted molar refractivity (Wildman–Crippen MR) is 83.5 cm³/mol. The minimum Gasteiger partial charge on any atom is -0.338 e. The Morgan fingerprint density at radius 1 is 1.27 bits per heavy atom. The van der Waals surface area contributed by atoms with E-state index in [2.05, 4.69) is 0 Å². The molecule has 0 spiro atoms. The lowest BCUT2D eigenvalue weighted by Crippen LogP contribution is -2.37. The van der Waals surface area contributed by atoms with Gasteiger partial charge in [-0.15, -0.1) is 0 Å². The molecule has 0 aromatic heterocycles. The highest BCUT2D eigenvalue weighted by molar-refractivity contribution is 7.89. The highest BCUT2D eigenvalue weighted by Crippen LogP contribution is 2.25. The SMILES string of the molecule is CS(=O)(=O)NC(=O)C1CCN(C(=O)c2ccc(Cl)c(Cl)c2)C1. The summed E-state index contributed by atoms with van der Waals surface area (Å²) in [6.45, 7) is 0.543. The molecule has 2 amide bonds. The number of carbonyl (C=O) groups is 2. The molecule has 1 N–H and O–H groups in total. The van der Waals surface area contributed by atoms with Crippen LogP contribution >= 0.6 is 23.2 Å². The maximum absolute atomic E-state index is 12.3. The summed E-state index contributed by atoms with van der Waals surface area (Å²) in [6, 6.07) is 4.55. The normalized spacial score (nSPS) is 18.3. The molecular formula is C13H14Cl2N2O4S. The molecule has 0 aliphatic carbocycles. The van der Waals surface area contributed by atoms with Crippen molar-refractivity contribution < 1.29 is 18.0 Å². The van der Waals surface area contributed by atoms with Gasteiger partial charge in [-0.25, -0.2) is 8.42 Å². The molecule has 1 aromatic rings. The summed E-state index contributed by atoms with van der Waals surface area (Å²) in [5.74, 6) is -1.40. The molecule has 1 saturated heterocycles. The van der Waals surface area contributed by atoms with E-state index in [9.17, 15) is 18.0 Å². The number of sulfonamides is 1. The zero-order chi connectivity index (χ0) is 16.5. The third kappa shape index (κ3) is 4.12. The number of hydrogen-bond acceptors (Lipinski definition) is 4. The second-order valence-corrected chi connectivity index (χ2v) is 7.67. The first-order valence-corrected chi connectivity index (χ1v) is 9.08. The van der Waals surface area contributed by atoms with E-state index in [0.717, 1.165) is 6.26 Å². The topological polar surface area (TPSA) is 83.6 Å². The van der Waals surface area contributed by atoms with Crippen LogP contribution in [0.2, 0.25) is 10.0 Å². The van der Waals surface area contributed by atoms with Gasteiger partial charge in [-0.3, -0.25) is 14.3 Å². The van der Waals surface area contributed by atoms with Crippen LogP contribution in [0.4, 0.5) is 0 Å². The second-order valence-electron chi connectivity index (χ2n) is 5.10. The number of rotatable bonds is 3. The van der Waals surface area contributed by atoms with Gasteiger partial charge in [0.25, 0.3) is 5.91 Å². The molecular weight excluding hydrogens is 351 g/mol. The fourth-order valence-electron chi connectivity index (χ4n) is 2.24. The molecule has 22 heavy (non-hydrogen) atoms. The minimum atomic E-state index is -3.60.